The third kappa shape index (κ3) is 4.13. The molecule has 0 bridgehead atoms. The van der Waals surface area contributed by atoms with E-state index in [2.05, 4.69) is 15.8 Å². The molecule has 21 heavy (non-hydrogen) atoms. The molecular weight excluding hydrogens is 270 g/mol. The molecule has 0 saturated carbocycles. The fourth-order valence-corrected chi connectivity index (χ4v) is 2.21. The maximum absolute atomic E-state index is 11.6. The smallest absolute Gasteiger partial charge is 0.240 e. The Morgan fingerprint density at radius 2 is 2.14 bits per heavy atom. The average molecular weight is 289 g/mol. The number of nitrogens with zero attached hydrogens (tertiary/aromatic N) is 1. The Morgan fingerprint density at radius 1 is 1.48 bits per heavy atom. The van der Waals surface area contributed by atoms with Gasteiger partial charge in [-0.1, -0.05) is 19.1 Å². The highest BCUT2D eigenvalue weighted by atomic mass is 16.3. The molecule has 6 heteroatoms. The Kier molecular flexibility index (Phi) is 4.70. The van der Waals surface area contributed by atoms with Gasteiger partial charge in [0.15, 0.2) is 0 Å². The van der Waals surface area contributed by atoms with Crippen molar-refractivity contribution in [1.29, 1.82) is 0 Å². The van der Waals surface area contributed by atoms with E-state index < -0.39 is 6.10 Å². The number of nitrogens with one attached hydrogen (secondary N) is 2. The monoisotopic (exact) mass is 289 g/mol. The lowest BCUT2D eigenvalue weighted by Crippen LogP contribution is -2.31. The topological polar surface area (TPSA) is 90.8 Å². The zero-order valence-corrected chi connectivity index (χ0v) is 12.1. The summed E-state index contributed by atoms with van der Waals surface area (Å²) in [5, 5.41) is 16.0. The van der Waals surface area contributed by atoms with Crippen molar-refractivity contribution in [3.63, 3.8) is 0 Å². The molecule has 1 aromatic rings. The first kappa shape index (κ1) is 15.2. The van der Waals surface area contributed by atoms with Gasteiger partial charge in [-0.15, -0.1) is 0 Å². The van der Waals surface area contributed by atoms with E-state index in [1.807, 2.05) is 19.1 Å². The summed E-state index contributed by atoms with van der Waals surface area (Å²) in [6.45, 7) is 3.52. The lowest BCUT2D eigenvalue weighted by Gasteiger charge is -2.19. The van der Waals surface area contributed by atoms with E-state index in [-0.39, 0.29) is 24.2 Å². The molecule has 1 aliphatic heterocycles. The van der Waals surface area contributed by atoms with Gasteiger partial charge in [-0.2, -0.15) is 5.10 Å². The minimum atomic E-state index is -0.662. The van der Waals surface area contributed by atoms with Gasteiger partial charge in [-0.25, -0.2) is 5.43 Å². The molecule has 6 nitrogen and oxygen atoms in total. The lowest BCUT2D eigenvalue weighted by molar-refractivity contribution is -0.122. The van der Waals surface area contributed by atoms with Crippen LogP contribution >= 0.6 is 0 Å². The maximum atomic E-state index is 11.6. The molecule has 0 radical (unpaired) electrons. The van der Waals surface area contributed by atoms with Gasteiger partial charge in [0, 0.05) is 18.0 Å². The van der Waals surface area contributed by atoms with Gasteiger partial charge >= 0.3 is 0 Å². The van der Waals surface area contributed by atoms with E-state index in [1.54, 1.807) is 19.1 Å². The average Bonchev–Trinajstić information content (AvgIpc) is 2.39. The molecule has 1 heterocycles. The number of anilines is 1. The Bertz CT molecular complexity index is 564. The number of amides is 2. The van der Waals surface area contributed by atoms with Crippen LogP contribution in [0.25, 0.3) is 0 Å². The second-order valence-corrected chi connectivity index (χ2v) is 5.32. The highest BCUT2D eigenvalue weighted by Gasteiger charge is 2.21. The minimum Gasteiger partial charge on any atom is -0.393 e. The van der Waals surface area contributed by atoms with Gasteiger partial charge in [0.1, 0.15) is 0 Å². The molecule has 2 unspecified atom stereocenters. The molecule has 1 aromatic carbocycles. The second-order valence-electron chi connectivity index (χ2n) is 5.32. The van der Waals surface area contributed by atoms with E-state index in [0.717, 1.165) is 11.3 Å². The molecule has 0 aromatic heterocycles. The number of benzene rings is 1. The number of hydrogen-bond acceptors (Lipinski definition) is 4. The summed E-state index contributed by atoms with van der Waals surface area (Å²) in [5.74, 6) is -0.240. The number of aliphatic hydroxyl groups is 1. The van der Waals surface area contributed by atoms with Crippen molar-refractivity contribution in [2.45, 2.75) is 32.8 Å². The highest BCUT2D eigenvalue weighted by Crippen LogP contribution is 2.18. The van der Waals surface area contributed by atoms with E-state index in [0.29, 0.717) is 12.1 Å². The van der Waals surface area contributed by atoms with E-state index in [1.165, 1.54) is 0 Å². The summed E-state index contributed by atoms with van der Waals surface area (Å²) in [5.41, 5.74) is 4.89. The summed E-state index contributed by atoms with van der Waals surface area (Å²) in [4.78, 5) is 22.8. The van der Waals surface area contributed by atoms with Crippen molar-refractivity contribution in [3.8, 4) is 0 Å². The van der Waals surface area contributed by atoms with Crippen molar-refractivity contribution < 1.29 is 14.7 Å². The first-order valence-electron chi connectivity index (χ1n) is 6.90. The van der Waals surface area contributed by atoms with Crippen molar-refractivity contribution in [3.05, 3.63) is 29.8 Å². The fourth-order valence-electron chi connectivity index (χ4n) is 2.21. The SMILES string of the molecule is CC(O)CC(=O)Nc1ccc(C2=NNC(=O)CC2C)cc1. The number of aliphatic hydroxyl groups excluding tert-OH is 1. The number of hydrogen-bond donors (Lipinski definition) is 3. The molecule has 2 rings (SSSR count). The van der Waals surface area contributed by atoms with Crippen LogP contribution in [0.2, 0.25) is 0 Å². The van der Waals surface area contributed by atoms with Gasteiger partial charge < -0.3 is 10.4 Å². The molecule has 2 amide bonds. The van der Waals surface area contributed by atoms with Crippen molar-refractivity contribution >= 4 is 23.2 Å². The second kappa shape index (κ2) is 6.49. The third-order valence-corrected chi connectivity index (χ3v) is 3.20. The Hall–Kier alpha value is -2.21. The number of hydrazone groups is 1. The van der Waals surface area contributed by atoms with E-state index >= 15 is 0 Å². The number of carbonyl (C=O) groups excluding carboxylic acids is 2. The largest absolute Gasteiger partial charge is 0.393 e. The van der Waals surface area contributed by atoms with Crippen LogP contribution in [-0.4, -0.2) is 28.7 Å². The van der Waals surface area contributed by atoms with Gasteiger partial charge in [-0.3, -0.25) is 9.59 Å². The van der Waals surface area contributed by atoms with E-state index in [4.69, 9.17) is 5.11 Å². The summed E-state index contributed by atoms with van der Waals surface area (Å²) in [7, 11) is 0. The minimum absolute atomic E-state index is 0.0643. The zero-order chi connectivity index (χ0) is 15.4. The molecule has 3 N–H and O–H groups in total. The van der Waals surface area contributed by atoms with Crippen LogP contribution in [0.1, 0.15) is 32.3 Å². The zero-order valence-electron chi connectivity index (χ0n) is 12.1. The normalized spacial score (nSPS) is 19.5. The molecule has 0 fully saturated rings. The molecular formula is C15H19N3O3. The molecule has 0 saturated heterocycles. The number of rotatable bonds is 4. The summed E-state index contributed by atoms with van der Waals surface area (Å²) < 4.78 is 0. The Labute approximate surface area is 123 Å². The van der Waals surface area contributed by atoms with Crippen LogP contribution in [0.15, 0.2) is 29.4 Å². The molecule has 112 valence electrons. The number of carbonyl (C=O) groups is 2. The first-order chi connectivity index (χ1) is 9.95. The predicted molar refractivity (Wildman–Crippen MR) is 79.8 cm³/mol. The van der Waals surface area contributed by atoms with Crippen LogP contribution < -0.4 is 10.7 Å². The standard InChI is InChI=1S/C15H19N3O3/c1-9-7-14(21)17-18-15(9)11-3-5-12(6-4-11)16-13(20)8-10(2)19/h3-6,9-10,19H,7-8H2,1-2H3,(H,16,20)(H,17,21). The summed E-state index contributed by atoms with van der Waals surface area (Å²) in [6.07, 6.45) is -0.172. The summed E-state index contributed by atoms with van der Waals surface area (Å²) >= 11 is 0. The molecule has 2 atom stereocenters. The lowest BCUT2D eigenvalue weighted by atomic mass is 9.94. The van der Waals surface area contributed by atoms with Crippen LogP contribution in [0, 0.1) is 5.92 Å². The fraction of sp³-hybridized carbons (Fsp3) is 0.400. The van der Waals surface area contributed by atoms with Crippen LogP contribution in [0.3, 0.4) is 0 Å². The van der Waals surface area contributed by atoms with Crippen LogP contribution in [0.5, 0.6) is 0 Å². The van der Waals surface area contributed by atoms with Gasteiger partial charge in [0.2, 0.25) is 11.8 Å². The molecule has 1 aliphatic rings. The maximum Gasteiger partial charge on any atom is 0.240 e. The van der Waals surface area contributed by atoms with Gasteiger partial charge in [0.25, 0.3) is 0 Å². The molecule has 0 spiro atoms. The summed E-state index contributed by atoms with van der Waals surface area (Å²) in [6, 6.07) is 7.26. The van der Waals surface area contributed by atoms with Crippen molar-refractivity contribution in [2.24, 2.45) is 11.0 Å². The quantitative estimate of drug-likeness (QED) is 0.779. The Balaban J connectivity index is 2.05. The highest BCUT2D eigenvalue weighted by molar-refractivity contribution is 6.06. The van der Waals surface area contributed by atoms with Gasteiger partial charge in [-0.05, 0) is 24.6 Å². The third-order valence-electron chi connectivity index (χ3n) is 3.20. The van der Waals surface area contributed by atoms with E-state index in [9.17, 15) is 9.59 Å². The van der Waals surface area contributed by atoms with Crippen molar-refractivity contribution in [1.82, 2.24) is 5.43 Å². The predicted octanol–water partition coefficient (Wildman–Crippen LogP) is 1.26. The van der Waals surface area contributed by atoms with Crippen molar-refractivity contribution in [2.75, 3.05) is 5.32 Å². The van der Waals surface area contributed by atoms with Crippen LogP contribution in [0.4, 0.5) is 5.69 Å². The van der Waals surface area contributed by atoms with Crippen LogP contribution in [-0.2, 0) is 9.59 Å². The molecule has 0 aliphatic carbocycles. The first-order valence-corrected chi connectivity index (χ1v) is 6.90. The Morgan fingerprint density at radius 3 is 2.71 bits per heavy atom. The van der Waals surface area contributed by atoms with Gasteiger partial charge in [0.05, 0.1) is 18.2 Å².